The third-order valence-corrected chi connectivity index (χ3v) is 1.82. The van der Waals surface area contributed by atoms with Gasteiger partial charge < -0.3 is 5.32 Å². The van der Waals surface area contributed by atoms with Gasteiger partial charge in [0.25, 0.3) is 0 Å². The van der Waals surface area contributed by atoms with E-state index in [-0.39, 0.29) is 5.82 Å². The Morgan fingerprint density at radius 1 is 1.29 bits per heavy atom. The van der Waals surface area contributed by atoms with Crippen LogP contribution in [0, 0.1) is 5.82 Å². The highest BCUT2D eigenvalue weighted by Gasteiger charge is 1.89. The molecule has 0 atom stereocenters. The molecule has 0 aliphatic carbocycles. The molecule has 0 aromatic heterocycles. The van der Waals surface area contributed by atoms with Crippen LogP contribution in [0.2, 0.25) is 0 Å². The molecule has 0 amide bonds. The average molecular weight is 193 g/mol. The molecule has 14 heavy (non-hydrogen) atoms. The van der Waals surface area contributed by atoms with Gasteiger partial charge in [0.1, 0.15) is 5.82 Å². The lowest BCUT2D eigenvalue weighted by Crippen LogP contribution is -2.22. The lowest BCUT2D eigenvalue weighted by atomic mass is 10.2. The van der Waals surface area contributed by atoms with Crippen LogP contribution in [0.5, 0.6) is 0 Å². The minimum absolute atomic E-state index is 0.192. The summed E-state index contributed by atoms with van der Waals surface area (Å²) in [5.74, 6) is -0.192. The molecule has 1 nitrogen and oxygen atoms in total. The Bertz CT molecular complexity index is 288. The zero-order chi connectivity index (χ0) is 10.4. The second-order valence-electron chi connectivity index (χ2n) is 3.52. The van der Waals surface area contributed by atoms with Crippen LogP contribution >= 0.6 is 0 Å². The van der Waals surface area contributed by atoms with E-state index in [1.165, 1.54) is 12.1 Å². The first-order valence-corrected chi connectivity index (χ1v) is 4.84. The number of rotatable bonds is 4. The molecule has 0 radical (unpaired) electrons. The summed E-state index contributed by atoms with van der Waals surface area (Å²) in [6.07, 6.45) is 4.02. The van der Waals surface area contributed by atoms with Crippen molar-refractivity contribution in [1.29, 1.82) is 0 Å². The van der Waals surface area contributed by atoms with E-state index in [2.05, 4.69) is 19.2 Å². The van der Waals surface area contributed by atoms with Crippen LogP contribution in [0.4, 0.5) is 4.39 Å². The Kier molecular flexibility index (Phi) is 4.33. The number of nitrogens with one attached hydrogen (secondary N) is 1. The average Bonchev–Trinajstić information content (AvgIpc) is 2.15. The van der Waals surface area contributed by atoms with Crippen molar-refractivity contribution in [2.45, 2.75) is 19.9 Å². The minimum Gasteiger partial charge on any atom is -0.311 e. The van der Waals surface area contributed by atoms with Crippen molar-refractivity contribution in [1.82, 2.24) is 5.32 Å². The third kappa shape index (κ3) is 4.19. The molecule has 0 spiro atoms. The molecule has 0 bridgehead atoms. The quantitative estimate of drug-likeness (QED) is 0.775. The summed E-state index contributed by atoms with van der Waals surface area (Å²) in [5, 5.41) is 3.27. The van der Waals surface area contributed by atoms with Gasteiger partial charge in [-0.05, 0) is 17.7 Å². The van der Waals surface area contributed by atoms with Crippen LogP contribution in [0.3, 0.4) is 0 Å². The summed E-state index contributed by atoms with van der Waals surface area (Å²) in [7, 11) is 0. The van der Waals surface area contributed by atoms with Crippen molar-refractivity contribution < 1.29 is 4.39 Å². The first kappa shape index (κ1) is 10.9. The van der Waals surface area contributed by atoms with Crippen LogP contribution in [-0.2, 0) is 0 Å². The van der Waals surface area contributed by atoms with Crippen molar-refractivity contribution in [3.63, 3.8) is 0 Å². The lowest BCUT2D eigenvalue weighted by Gasteiger charge is -2.03. The predicted molar refractivity (Wildman–Crippen MR) is 58.6 cm³/mol. The van der Waals surface area contributed by atoms with E-state index < -0.39 is 0 Å². The van der Waals surface area contributed by atoms with Crippen molar-refractivity contribution in [3.8, 4) is 0 Å². The monoisotopic (exact) mass is 193 g/mol. The molecule has 0 fully saturated rings. The number of halogens is 1. The van der Waals surface area contributed by atoms with Crippen LogP contribution in [-0.4, -0.2) is 12.6 Å². The fourth-order valence-electron chi connectivity index (χ4n) is 1.07. The van der Waals surface area contributed by atoms with Crippen molar-refractivity contribution >= 4 is 6.08 Å². The van der Waals surface area contributed by atoms with Gasteiger partial charge in [-0.25, -0.2) is 4.39 Å². The number of hydrogen-bond acceptors (Lipinski definition) is 1. The Morgan fingerprint density at radius 3 is 2.50 bits per heavy atom. The molecule has 0 aliphatic rings. The van der Waals surface area contributed by atoms with Gasteiger partial charge in [-0.3, -0.25) is 0 Å². The van der Waals surface area contributed by atoms with Crippen LogP contribution in [0.1, 0.15) is 19.4 Å². The van der Waals surface area contributed by atoms with Crippen LogP contribution in [0.25, 0.3) is 6.08 Å². The molecule has 0 saturated heterocycles. The maximum atomic E-state index is 12.5. The van der Waals surface area contributed by atoms with Gasteiger partial charge in [0.2, 0.25) is 0 Å². The van der Waals surface area contributed by atoms with Gasteiger partial charge in [-0.1, -0.05) is 38.1 Å². The highest BCUT2D eigenvalue weighted by Crippen LogP contribution is 2.03. The van der Waals surface area contributed by atoms with E-state index >= 15 is 0 Å². The van der Waals surface area contributed by atoms with Gasteiger partial charge in [-0.15, -0.1) is 0 Å². The van der Waals surface area contributed by atoms with E-state index in [9.17, 15) is 4.39 Å². The standard InChI is InChI=1S/C12H16FN/c1-10(2)14-9-3-4-11-5-7-12(13)8-6-11/h3-8,10,14H,9H2,1-2H3. The Hall–Kier alpha value is -1.15. The maximum absolute atomic E-state index is 12.5. The van der Waals surface area contributed by atoms with Crippen molar-refractivity contribution in [2.75, 3.05) is 6.54 Å². The molecule has 0 heterocycles. The van der Waals surface area contributed by atoms with E-state index in [1.54, 1.807) is 12.1 Å². The summed E-state index contributed by atoms with van der Waals surface area (Å²) in [5.41, 5.74) is 1.02. The highest BCUT2D eigenvalue weighted by atomic mass is 19.1. The molecular formula is C12H16FN. The van der Waals surface area contributed by atoms with E-state index in [4.69, 9.17) is 0 Å². The molecule has 0 aliphatic heterocycles. The van der Waals surface area contributed by atoms with E-state index in [0.717, 1.165) is 12.1 Å². The predicted octanol–water partition coefficient (Wildman–Crippen LogP) is 2.84. The zero-order valence-electron chi connectivity index (χ0n) is 8.63. The summed E-state index contributed by atoms with van der Waals surface area (Å²) >= 11 is 0. The molecule has 2 heteroatoms. The largest absolute Gasteiger partial charge is 0.311 e. The summed E-state index contributed by atoms with van der Waals surface area (Å²) in [6.45, 7) is 5.05. The SMILES string of the molecule is CC(C)NCC=Cc1ccc(F)cc1. The number of hydrogen-bond donors (Lipinski definition) is 1. The summed E-state index contributed by atoms with van der Waals surface area (Å²) in [4.78, 5) is 0. The number of benzene rings is 1. The Labute approximate surface area is 84.6 Å². The molecule has 76 valence electrons. The highest BCUT2D eigenvalue weighted by molar-refractivity contribution is 5.48. The van der Waals surface area contributed by atoms with Crippen molar-refractivity contribution in [2.24, 2.45) is 0 Å². The maximum Gasteiger partial charge on any atom is 0.123 e. The Balaban J connectivity index is 2.40. The molecule has 1 aromatic rings. The van der Waals surface area contributed by atoms with Gasteiger partial charge >= 0.3 is 0 Å². The lowest BCUT2D eigenvalue weighted by molar-refractivity contribution is 0.627. The van der Waals surface area contributed by atoms with Gasteiger partial charge in [-0.2, -0.15) is 0 Å². The fourth-order valence-corrected chi connectivity index (χ4v) is 1.07. The second-order valence-corrected chi connectivity index (χ2v) is 3.52. The van der Waals surface area contributed by atoms with Crippen molar-refractivity contribution in [3.05, 3.63) is 41.7 Å². The van der Waals surface area contributed by atoms with Gasteiger partial charge in [0.15, 0.2) is 0 Å². The minimum atomic E-state index is -0.192. The normalized spacial score (nSPS) is 11.4. The molecule has 0 unspecified atom stereocenters. The first-order chi connectivity index (χ1) is 6.68. The molecule has 1 aromatic carbocycles. The van der Waals surface area contributed by atoms with E-state index in [0.29, 0.717) is 6.04 Å². The van der Waals surface area contributed by atoms with Gasteiger partial charge in [0.05, 0.1) is 0 Å². The zero-order valence-corrected chi connectivity index (χ0v) is 8.63. The Morgan fingerprint density at radius 2 is 1.93 bits per heavy atom. The van der Waals surface area contributed by atoms with Crippen LogP contribution < -0.4 is 5.32 Å². The first-order valence-electron chi connectivity index (χ1n) is 4.84. The molecular weight excluding hydrogens is 177 g/mol. The summed E-state index contributed by atoms with van der Waals surface area (Å²) < 4.78 is 12.5. The second kappa shape index (κ2) is 5.55. The van der Waals surface area contributed by atoms with Gasteiger partial charge in [0, 0.05) is 12.6 Å². The van der Waals surface area contributed by atoms with Crippen LogP contribution in [0.15, 0.2) is 30.3 Å². The molecule has 0 saturated carbocycles. The fraction of sp³-hybridized carbons (Fsp3) is 0.333. The molecule has 1 rings (SSSR count). The smallest absolute Gasteiger partial charge is 0.123 e. The summed E-state index contributed by atoms with van der Waals surface area (Å²) in [6, 6.07) is 6.96. The topological polar surface area (TPSA) is 12.0 Å². The van der Waals surface area contributed by atoms with E-state index in [1.807, 2.05) is 12.2 Å². The third-order valence-electron chi connectivity index (χ3n) is 1.82. The molecule has 1 N–H and O–H groups in total.